The summed E-state index contributed by atoms with van der Waals surface area (Å²) in [4.78, 5) is 24.2. The Morgan fingerprint density at radius 3 is 1.32 bits per heavy atom. The highest BCUT2D eigenvalue weighted by atomic mass is 16.2. The highest BCUT2D eigenvalue weighted by Crippen LogP contribution is 2.14. The van der Waals surface area contributed by atoms with Gasteiger partial charge in [-0.15, -0.1) is 0 Å². The molecule has 0 aliphatic carbocycles. The Kier molecular flexibility index (Phi) is 9.26. The van der Waals surface area contributed by atoms with Crippen LogP contribution >= 0.6 is 0 Å². The van der Waals surface area contributed by atoms with E-state index in [1.165, 1.54) is 36.8 Å². The van der Waals surface area contributed by atoms with Gasteiger partial charge in [-0.05, 0) is 61.1 Å². The molecule has 0 fully saturated rings. The molecule has 0 heterocycles. The van der Waals surface area contributed by atoms with Crippen LogP contribution in [0.4, 0.5) is 11.4 Å². The monoisotopic (exact) mass is 380 g/mol. The number of unbranched alkanes of at least 4 members (excludes halogenated alkanes) is 2. The Bertz CT molecular complexity index is 671. The first-order valence-electron chi connectivity index (χ1n) is 10.4. The van der Waals surface area contributed by atoms with E-state index in [1.54, 1.807) is 0 Å². The molecule has 2 aromatic carbocycles. The Labute approximate surface area is 168 Å². The molecule has 2 N–H and O–H groups in total. The summed E-state index contributed by atoms with van der Waals surface area (Å²) in [5, 5.41) is 5.71. The van der Waals surface area contributed by atoms with Crippen molar-refractivity contribution in [1.82, 2.24) is 0 Å². The molecule has 0 atom stereocenters. The summed E-state index contributed by atoms with van der Waals surface area (Å²) < 4.78 is 0. The summed E-state index contributed by atoms with van der Waals surface area (Å²) in [5.74, 6) is -0.294. The molecule has 0 spiro atoms. The first kappa shape index (κ1) is 21.7. The fourth-order valence-corrected chi connectivity index (χ4v) is 2.95. The van der Waals surface area contributed by atoms with E-state index in [0.29, 0.717) is 0 Å². The molecule has 0 saturated heterocycles. The standard InChI is InChI=1S/C24H32N2O2/c1-3-5-7-19-9-13-21(14-10-19)25-23(27)17-18-24(28)26-22-15-11-20(12-16-22)8-6-4-2/h9-16H,3-8,17-18H2,1-2H3,(H,25,27)(H,26,28). The van der Waals surface area contributed by atoms with E-state index >= 15 is 0 Å². The fourth-order valence-electron chi connectivity index (χ4n) is 2.95. The summed E-state index contributed by atoms with van der Waals surface area (Å²) in [5.41, 5.74) is 4.10. The molecule has 0 saturated carbocycles. The van der Waals surface area contributed by atoms with E-state index in [9.17, 15) is 9.59 Å². The molecule has 4 nitrogen and oxygen atoms in total. The molecule has 2 rings (SSSR count). The van der Waals surface area contributed by atoms with Gasteiger partial charge >= 0.3 is 0 Å². The lowest BCUT2D eigenvalue weighted by molar-refractivity contribution is -0.121. The van der Waals surface area contributed by atoms with Gasteiger partial charge in [-0.3, -0.25) is 9.59 Å². The van der Waals surface area contributed by atoms with E-state index < -0.39 is 0 Å². The van der Waals surface area contributed by atoms with Crippen LogP contribution in [0, 0.1) is 0 Å². The van der Waals surface area contributed by atoms with Crippen LogP contribution in [0.3, 0.4) is 0 Å². The van der Waals surface area contributed by atoms with Gasteiger partial charge in [0.05, 0.1) is 0 Å². The summed E-state index contributed by atoms with van der Waals surface area (Å²) in [6.07, 6.45) is 7.13. The molecule has 0 aliphatic heterocycles. The number of carbonyl (C=O) groups excluding carboxylic acids is 2. The van der Waals surface area contributed by atoms with Crippen LogP contribution in [0.25, 0.3) is 0 Å². The summed E-state index contributed by atoms with van der Waals surface area (Å²) in [6, 6.07) is 15.9. The average Bonchev–Trinajstić information content (AvgIpc) is 2.71. The number of carbonyl (C=O) groups is 2. The highest BCUT2D eigenvalue weighted by Gasteiger charge is 2.08. The van der Waals surface area contributed by atoms with Crippen molar-refractivity contribution in [3.8, 4) is 0 Å². The van der Waals surface area contributed by atoms with Crippen LogP contribution in [-0.4, -0.2) is 11.8 Å². The zero-order valence-corrected chi connectivity index (χ0v) is 17.1. The zero-order valence-electron chi connectivity index (χ0n) is 17.1. The number of nitrogens with one attached hydrogen (secondary N) is 2. The van der Waals surface area contributed by atoms with E-state index in [-0.39, 0.29) is 24.7 Å². The lowest BCUT2D eigenvalue weighted by Crippen LogP contribution is -2.17. The molecule has 0 aromatic heterocycles. The maximum atomic E-state index is 12.1. The van der Waals surface area contributed by atoms with Gasteiger partial charge < -0.3 is 10.6 Å². The molecule has 2 amide bonds. The van der Waals surface area contributed by atoms with Gasteiger partial charge in [-0.1, -0.05) is 51.0 Å². The molecule has 0 bridgehead atoms. The van der Waals surface area contributed by atoms with Gasteiger partial charge in [0, 0.05) is 24.2 Å². The predicted octanol–water partition coefficient (Wildman–Crippen LogP) is 5.73. The number of hydrogen-bond acceptors (Lipinski definition) is 2. The smallest absolute Gasteiger partial charge is 0.224 e. The second kappa shape index (κ2) is 12.0. The largest absolute Gasteiger partial charge is 0.326 e. The van der Waals surface area contributed by atoms with E-state index in [2.05, 4.69) is 24.5 Å². The Balaban J connectivity index is 1.72. The van der Waals surface area contributed by atoms with E-state index in [1.807, 2.05) is 48.5 Å². The van der Waals surface area contributed by atoms with Gasteiger partial charge in [-0.25, -0.2) is 0 Å². The molecule has 150 valence electrons. The van der Waals surface area contributed by atoms with Gasteiger partial charge in [0.1, 0.15) is 0 Å². The van der Waals surface area contributed by atoms with Gasteiger partial charge in [0.15, 0.2) is 0 Å². The fraction of sp³-hybridized carbons (Fsp3) is 0.417. The van der Waals surface area contributed by atoms with Crippen LogP contribution in [0.1, 0.15) is 63.5 Å². The SMILES string of the molecule is CCCCc1ccc(NC(=O)CCC(=O)Nc2ccc(CCCC)cc2)cc1. The Morgan fingerprint density at radius 2 is 1.00 bits per heavy atom. The quantitative estimate of drug-likeness (QED) is 0.523. The maximum absolute atomic E-state index is 12.1. The molecular weight excluding hydrogens is 348 g/mol. The van der Waals surface area contributed by atoms with Gasteiger partial charge in [0.25, 0.3) is 0 Å². The third kappa shape index (κ3) is 7.95. The number of benzene rings is 2. The van der Waals surface area contributed by atoms with Crippen LogP contribution in [-0.2, 0) is 22.4 Å². The van der Waals surface area contributed by atoms with Crippen LogP contribution < -0.4 is 10.6 Å². The van der Waals surface area contributed by atoms with Crippen molar-refractivity contribution in [2.45, 2.75) is 65.2 Å². The first-order valence-corrected chi connectivity index (χ1v) is 10.4. The molecule has 28 heavy (non-hydrogen) atoms. The van der Waals surface area contributed by atoms with Crippen molar-refractivity contribution >= 4 is 23.2 Å². The van der Waals surface area contributed by atoms with Crippen molar-refractivity contribution < 1.29 is 9.59 Å². The first-order chi connectivity index (χ1) is 13.6. The molecule has 2 aromatic rings. The van der Waals surface area contributed by atoms with Crippen molar-refractivity contribution in [2.24, 2.45) is 0 Å². The third-order valence-corrected chi connectivity index (χ3v) is 4.69. The zero-order chi connectivity index (χ0) is 20.2. The molecule has 0 aliphatic rings. The van der Waals surface area contributed by atoms with Gasteiger partial charge in [-0.2, -0.15) is 0 Å². The van der Waals surface area contributed by atoms with Crippen LogP contribution in [0.5, 0.6) is 0 Å². The molecular formula is C24H32N2O2. The molecule has 0 radical (unpaired) electrons. The van der Waals surface area contributed by atoms with Crippen molar-refractivity contribution in [3.63, 3.8) is 0 Å². The lowest BCUT2D eigenvalue weighted by atomic mass is 10.1. The second-order valence-electron chi connectivity index (χ2n) is 7.20. The average molecular weight is 381 g/mol. The van der Waals surface area contributed by atoms with Crippen LogP contribution in [0.15, 0.2) is 48.5 Å². The summed E-state index contributed by atoms with van der Waals surface area (Å²) >= 11 is 0. The second-order valence-corrected chi connectivity index (χ2v) is 7.20. The van der Waals surface area contributed by atoms with Crippen molar-refractivity contribution in [3.05, 3.63) is 59.7 Å². The summed E-state index contributed by atoms with van der Waals surface area (Å²) in [6.45, 7) is 4.35. The topological polar surface area (TPSA) is 58.2 Å². The minimum atomic E-state index is -0.147. The van der Waals surface area contributed by atoms with Gasteiger partial charge in [0.2, 0.25) is 11.8 Å². The number of aryl methyl sites for hydroxylation is 2. The van der Waals surface area contributed by atoms with E-state index in [0.717, 1.165) is 24.2 Å². The highest BCUT2D eigenvalue weighted by molar-refractivity contribution is 5.96. The van der Waals surface area contributed by atoms with Crippen molar-refractivity contribution in [2.75, 3.05) is 10.6 Å². The minimum absolute atomic E-state index is 0.147. The number of amides is 2. The molecule has 4 heteroatoms. The molecule has 0 unspecified atom stereocenters. The normalized spacial score (nSPS) is 10.5. The Hall–Kier alpha value is -2.62. The lowest BCUT2D eigenvalue weighted by Gasteiger charge is -2.08. The Morgan fingerprint density at radius 1 is 0.643 bits per heavy atom. The maximum Gasteiger partial charge on any atom is 0.224 e. The predicted molar refractivity (Wildman–Crippen MR) is 117 cm³/mol. The van der Waals surface area contributed by atoms with E-state index in [4.69, 9.17) is 0 Å². The summed E-state index contributed by atoms with van der Waals surface area (Å²) in [7, 11) is 0. The van der Waals surface area contributed by atoms with Crippen molar-refractivity contribution in [1.29, 1.82) is 0 Å². The number of rotatable bonds is 11. The number of anilines is 2. The number of hydrogen-bond donors (Lipinski definition) is 2. The third-order valence-electron chi connectivity index (χ3n) is 4.69. The minimum Gasteiger partial charge on any atom is -0.326 e. The van der Waals surface area contributed by atoms with Crippen LogP contribution in [0.2, 0.25) is 0 Å².